The van der Waals surface area contributed by atoms with Gasteiger partial charge in [0.1, 0.15) is 0 Å². The number of rotatable bonds is 6. The van der Waals surface area contributed by atoms with Crippen LogP contribution in [0.15, 0.2) is 59.5 Å². The summed E-state index contributed by atoms with van der Waals surface area (Å²) in [6, 6.07) is 16.8. The molecule has 2 aromatic rings. The third-order valence-electron chi connectivity index (χ3n) is 4.12. The van der Waals surface area contributed by atoms with Gasteiger partial charge in [0.2, 0.25) is 10.0 Å². The lowest BCUT2D eigenvalue weighted by atomic mass is 10.2. The summed E-state index contributed by atoms with van der Waals surface area (Å²) in [4.78, 5) is 2.70. The van der Waals surface area contributed by atoms with Crippen LogP contribution in [0.4, 0.5) is 0 Å². The van der Waals surface area contributed by atoms with E-state index in [2.05, 4.69) is 9.62 Å². The highest BCUT2D eigenvalue weighted by Crippen LogP contribution is 2.16. The lowest BCUT2D eigenvalue weighted by molar-refractivity contribution is 0.331. The molecular formula is C18H22N2O2S. The molecule has 0 unspecified atom stereocenters. The number of nitrogens with zero attached hydrogens (tertiary/aromatic N) is 1. The molecular weight excluding hydrogens is 308 g/mol. The Kier molecular flexibility index (Phi) is 5.10. The molecule has 0 radical (unpaired) electrons. The van der Waals surface area contributed by atoms with Gasteiger partial charge in [-0.15, -0.1) is 0 Å². The number of sulfonamides is 1. The highest BCUT2D eigenvalue weighted by Gasteiger charge is 2.16. The first kappa shape index (κ1) is 16.2. The summed E-state index contributed by atoms with van der Waals surface area (Å²) in [5, 5.41) is 0. The molecule has 2 aromatic carbocycles. The van der Waals surface area contributed by atoms with E-state index in [-0.39, 0.29) is 0 Å². The Morgan fingerprint density at radius 3 is 2.35 bits per heavy atom. The molecule has 3 rings (SSSR count). The zero-order valence-corrected chi connectivity index (χ0v) is 13.9. The van der Waals surface area contributed by atoms with E-state index in [9.17, 15) is 8.42 Å². The Labute approximate surface area is 138 Å². The molecule has 0 amide bonds. The molecule has 0 saturated carbocycles. The van der Waals surface area contributed by atoms with Crippen LogP contribution < -0.4 is 4.72 Å². The lowest BCUT2D eigenvalue weighted by Crippen LogP contribution is -2.24. The fourth-order valence-corrected chi connectivity index (χ4v) is 3.96. The fourth-order valence-electron chi connectivity index (χ4n) is 2.87. The third kappa shape index (κ3) is 4.41. The van der Waals surface area contributed by atoms with Gasteiger partial charge in [-0.1, -0.05) is 42.5 Å². The van der Waals surface area contributed by atoms with Crippen LogP contribution in [0.3, 0.4) is 0 Å². The molecule has 122 valence electrons. The predicted octanol–water partition coefficient (Wildman–Crippen LogP) is 2.76. The van der Waals surface area contributed by atoms with Crippen LogP contribution in [0.5, 0.6) is 0 Å². The molecule has 1 fully saturated rings. The number of likely N-dealkylation sites (tertiary alicyclic amines) is 1. The molecule has 5 heteroatoms. The first-order valence-electron chi connectivity index (χ1n) is 7.98. The van der Waals surface area contributed by atoms with Gasteiger partial charge in [0, 0.05) is 13.1 Å². The maximum absolute atomic E-state index is 12.5. The molecule has 1 heterocycles. The number of benzene rings is 2. The van der Waals surface area contributed by atoms with Crippen molar-refractivity contribution in [1.29, 1.82) is 0 Å². The Morgan fingerprint density at radius 2 is 1.61 bits per heavy atom. The van der Waals surface area contributed by atoms with E-state index in [0.29, 0.717) is 11.4 Å². The maximum atomic E-state index is 12.5. The highest BCUT2D eigenvalue weighted by molar-refractivity contribution is 7.89. The van der Waals surface area contributed by atoms with Gasteiger partial charge >= 0.3 is 0 Å². The quantitative estimate of drug-likeness (QED) is 0.886. The van der Waals surface area contributed by atoms with Gasteiger partial charge < -0.3 is 0 Å². The zero-order chi connectivity index (χ0) is 16.1. The summed E-state index contributed by atoms with van der Waals surface area (Å²) in [6.07, 6.45) is 2.47. The maximum Gasteiger partial charge on any atom is 0.240 e. The summed E-state index contributed by atoms with van der Waals surface area (Å²) >= 11 is 0. The van der Waals surface area contributed by atoms with Crippen LogP contribution in [0.2, 0.25) is 0 Å². The minimum Gasteiger partial charge on any atom is -0.299 e. The highest BCUT2D eigenvalue weighted by atomic mass is 32.2. The minimum atomic E-state index is -3.48. The largest absolute Gasteiger partial charge is 0.299 e. The summed E-state index contributed by atoms with van der Waals surface area (Å²) in [5.74, 6) is 0. The van der Waals surface area contributed by atoms with Crippen LogP contribution in [0.1, 0.15) is 24.0 Å². The van der Waals surface area contributed by atoms with Crippen molar-refractivity contribution in [1.82, 2.24) is 9.62 Å². The van der Waals surface area contributed by atoms with Crippen molar-refractivity contribution in [3.05, 3.63) is 65.7 Å². The summed E-state index contributed by atoms with van der Waals surface area (Å²) < 4.78 is 27.6. The second-order valence-electron chi connectivity index (χ2n) is 5.94. The van der Waals surface area contributed by atoms with Crippen LogP contribution >= 0.6 is 0 Å². The summed E-state index contributed by atoms with van der Waals surface area (Å²) in [6.45, 7) is 3.33. The molecule has 0 spiro atoms. The first-order valence-corrected chi connectivity index (χ1v) is 9.47. The average Bonchev–Trinajstić information content (AvgIpc) is 3.07. The second kappa shape index (κ2) is 7.25. The molecule has 1 saturated heterocycles. The van der Waals surface area contributed by atoms with Gasteiger partial charge in [-0.2, -0.15) is 0 Å². The fraction of sp³-hybridized carbons (Fsp3) is 0.333. The Hall–Kier alpha value is -1.69. The van der Waals surface area contributed by atoms with Crippen LogP contribution in [-0.4, -0.2) is 26.4 Å². The number of hydrogen-bond donors (Lipinski definition) is 1. The van der Waals surface area contributed by atoms with Crippen molar-refractivity contribution in [2.24, 2.45) is 0 Å². The molecule has 1 aliphatic rings. The van der Waals surface area contributed by atoms with Gasteiger partial charge in [-0.3, -0.25) is 4.90 Å². The van der Waals surface area contributed by atoms with Crippen molar-refractivity contribution >= 4 is 10.0 Å². The van der Waals surface area contributed by atoms with Crippen molar-refractivity contribution in [2.75, 3.05) is 13.1 Å². The number of nitrogens with one attached hydrogen (secondary N) is 1. The van der Waals surface area contributed by atoms with Gasteiger partial charge in [-0.25, -0.2) is 13.1 Å². The molecule has 0 bridgehead atoms. The minimum absolute atomic E-state index is 0.305. The van der Waals surface area contributed by atoms with Crippen LogP contribution in [-0.2, 0) is 23.1 Å². The molecule has 4 nitrogen and oxygen atoms in total. The van der Waals surface area contributed by atoms with Gasteiger partial charge in [-0.05, 0) is 49.2 Å². The van der Waals surface area contributed by atoms with E-state index in [1.165, 1.54) is 12.8 Å². The van der Waals surface area contributed by atoms with Crippen molar-refractivity contribution in [3.63, 3.8) is 0 Å². The topological polar surface area (TPSA) is 49.4 Å². The van der Waals surface area contributed by atoms with E-state index in [4.69, 9.17) is 0 Å². The van der Waals surface area contributed by atoms with Crippen molar-refractivity contribution in [2.45, 2.75) is 30.8 Å². The smallest absolute Gasteiger partial charge is 0.240 e. The Balaban J connectivity index is 1.69. The van der Waals surface area contributed by atoms with Gasteiger partial charge in [0.15, 0.2) is 0 Å². The first-order chi connectivity index (χ1) is 11.1. The van der Waals surface area contributed by atoms with Crippen LogP contribution in [0, 0.1) is 0 Å². The van der Waals surface area contributed by atoms with Crippen LogP contribution in [0.25, 0.3) is 0 Å². The normalized spacial score (nSPS) is 15.8. The predicted molar refractivity (Wildman–Crippen MR) is 91.4 cm³/mol. The Morgan fingerprint density at radius 1 is 0.913 bits per heavy atom. The number of hydrogen-bond acceptors (Lipinski definition) is 3. The van der Waals surface area contributed by atoms with E-state index in [1.54, 1.807) is 12.1 Å². The van der Waals surface area contributed by atoms with E-state index in [0.717, 1.165) is 30.8 Å². The molecule has 0 atom stereocenters. The zero-order valence-electron chi connectivity index (χ0n) is 13.1. The SMILES string of the molecule is O=S(=O)(NCc1ccccc1)c1cccc(CN2CCCC2)c1. The van der Waals surface area contributed by atoms with Crippen molar-refractivity contribution < 1.29 is 8.42 Å². The summed E-state index contributed by atoms with van der Waals surface area (Å²) in [7, 11) is -3.48. The average molecular weight is 330 g/mol. The van der Waals surface area contributed by atoms with Gasteiger partial charge in [0.25, 0.3) is 0 Å². The second-order valence-corrected chi connectivity index (χ2v) is 7.71. The standard InChI is InChI=1S/C18H22N2O2S/c21-23(22,19-14-16-7-2-1-3-8-16)18-10-6-9-17(13-18)15-20-11-4-5-12-20/h1-3,6-10,13,19H,4-5,11-12,14-15H2. The van der Waals surface area contributed by atoms with E-state index in [1.807, 2.05) is 42.5 Å². The lowest BCUT2D eigenvalue weighted by Gasteiger charge is -2.15. The van der Waals surface area contributed by atoms with Crippen molar-refractivity contribution in [3.8, 4) is 0 Å². The molecule has 23 heavy (non-hydrogen) atoms. The molecule has 1 N–H and O–H groups in total. The molecule has 1 aliphatic heterocycles. The van der Waals surface area contributed by atoms with E-state index < -0.39 is 10.0 Å². The molecule has 0 aromatic heterocycles. The summed E-state index contributed by atoms with van der Waals surface area (Å²) in [5.41, 5.74) is 2.00. The third-order valence-corrected chi connectivity index (χ3v) is 5.52. The van der Waals surface area contributed by atoms with Gasteiger partial charge in [0.05, 0.1) is 4.90 Å². The monoisotopic (exact) mass is 330 g/mol. The Bertz CT molecular complexity index is 739. The molecule has 0 aliphatic carbocycles. The van der Waals surface area contributed by atoms with E-state index >= 15 is 0 Å².